The third kappa shape index (κ3) is 1.78. The van der Waals surface area contributed by atoms with E-state index < -0.39 is 0 Å². The molecule has 2 aromatic rings. The van der Waals surface area contributed by atoms with E-state index >= 15 is 0 Å². The fourth-order valence-corrected chi connectivity index (χ4v) is 2.79. The Kier molecular flexibility index (Phi) is 3.53. The normalized spacial score (nSPS) is 12.5. The molecule has 0 spiro atoms. The molecule has 0 amide bonds. The predicted octanol–water partition coefficient (Wildman–Crippen LogP) is 3.65. The van der Waals surface area contributed by atoms with Crippen LogP contribution in [0, 0.1) is 6.92 Å². The van der Waals surface area contributed by atoms with Gasteiger partial charge >= 0.3 is 0 Å². The molecular weight excluding hydrogens is 214 g/mol. The van der Waals surface area contributed by atoms with Crippen molar-refractivity contribution in [1.29, 1.82) is 0 Å². The zero-order valence-corrected chi connectivity index (χ0v) is 9.91. The summed E-state index contributed by atoms with van der Waals surface area (Å²) in [6.45, 7) is 4.19. The van der Waals surface area contributed by atoms with E-state index in [4.69, 9.17) is 5.73 Å². The first-order valence-corrected chi connectivity index (χ1v) is 5.25. The second-order valence-electron chi connectivity index (χ2n) is 3.38. The Labute approximate surface area is 94.3 Å². The summed E-state index contributed by atoms with van der Waals surface area (Å²) in [6.07, 6.45) is 0. The van der Waals surface area contributed by atoms with Crippen LogP contribution in [0.5, 0.6) is 0 Å². The standard InChI is InChI=1S/C11H13NS.ClH/c1-7-9-5-3-4-6-10(9)13-11(7)8(2)12;/h3-6,8H,12H2,1-2H3;1H/t8-;/m1./s1. The second kappa shape index (κ2) is 4.30. The number of nitrogens with two attached hydrogens (primary N) is 1. The van der Waals surface area contributed by atoms with Gasteiger partial charge in [0.2, 0.25) is 0 Å². The number of benzene rings is 1. The Hall–Kier alpha value is -0.570. The maximum atomic E-state index is 5.89. The van der Waals surface area contributed by atoms with Crippen LogP contribution < -0.4 is 5.73 Å². The summed E-state index contributed by atoms with van der Waals surface area (Å²) in [6, 6.07) is 8.61. The zero-order valence-electron chi connectivity index (χ0n) is 8.28. The van der Waals surface area contributed by atoms with Gasteiger partial charge < -0.3 is 5.73 Å². The highest BCUT2D eigenvalue weighted by atomic mass is 35.5. The summed E-state index contributed by atoms with van der Waals surface area (Å²) in [5.74, 6) is 0. The average molecular weight is 228 g/mol. The van der Waals surface area contributed by atoms with Gasteiger partial charge in [0.25, 0.3) is 0 Å². The fraction of sp³-hybridized carbons (Fsp3) is 0.273. The molecule has 1 heterocycles. The van der Waals surface area contributed by atoms with Gasteiger partial charge in [0, 0.05) is 15.6 Å². The smallest absolute Gasteiger partial charge is 0.0364 e. The number of rotatable bonds is 1. The van der Waals surface area contributed by atoms with Crippen LogP contribution in [-0.2, 0) is 0 Å². The van der Waals surface area contributed by atoms with Crippen molar-refractivity contribution in [2.45, 2.75) is 19.9 Å². The third-order valence-electron chi connectivity index (χ3n) is 2.29. The molecule has 1 aromatic carbocycles. The summed E-state index contributed by atoms with van der Waals surface area (Å²) >= 11 is 1.81. The van der Waals surface area contributed by atoms with E-state index in [-0.39, 0.29) is 18.4 Å². The number of hydrogen-bond donors (Lipinski definition) is 1. The topological polar surface area (TPSA) is 26.0 Å². The van der Waals surface area contributed by atoms with Crippen molar-refractivity contribution in [3.63, 3.8) is 0 Å². The van der Waals surface area contributed by atoms with Crippen molar-refractivity contribution in [2.24, 2.45) is 5.73 Å². The molecule has 0 aliphatic rings. The Bertz CT molecular complexity index is 434. The van der Waals surface area contributed by atoms with E-state index in [1.54, 1.807) is 11.3 Å². The summed E-state index contributed by atoms with van der Waals surface area (Å²) in [7, 11) is 0. The fourth-order valence-electron chi connectivity index (χ4n) is 1.63. The largest absolute Gasteiger partial charge is 0.323 e. The maximum Gasteiger partial charge on any atom is 0.0364 e. The molecule has 0 bridgehead atoms. The lowest BCUT2D eigenvalue weighted by atomic mass is 10.1. The van der Waals surface area contributed by atoms with Gasteiger partial charge in [-0.1, -0.05) is 18.2 Å². The number of fused-ring (bicyclic) bond motifs is 1. The van der Waals surface area contributed by atoms with Gasteiger partial charge in [0.05, 0.1) is 0 Å². The molecule has 0 fully saturated rings. The number of aryl methyl sites for hydroxylation is 1. The minimum atomic E-state index is 0. The summed E-state index contributed by atoms with van der Waals surface area (Å²) in [5.41, 5.74) is 7.23. The third-order valence-corrected chi connectivity index (χ3v) is 3.77. The van der Waals surface area contributed by atoms with E-state index in [0.29, 0.717) is 0 Å². The molecule has 2 N–H and O–H groups in total. The van der Waals surface area contributed by atoms with Crippen LogP contribution in [0.25, 0.3) is 10.1 Å². The predicted molar refractivity (Wildman–Crippen MR) is 66.4 cm³/mol. The van der Waals surface area contributed by atoms with Crippen LogP contribution in [0.15, 0.2) is 24.3 Å². The maximum absolute atomic E-state index is 5.89. The van der Waals surface area contributed by atoms with Gasteiger partial charge in [-0.2, -0.15) is 0 Å². The average Bonchev–Trinajstić information content (AvgIpc) is 2.45. The van der Waals surface area contributed by atoms with Crippen molar-refractivity contribution in [3.05, 3.63) is 34.7 Å². The van der Waals surface area contributed by atoms with E-state index in [2.05, 4.69) is 31.2 Å². The summed E-state index contributed by atoms with van der Waals surface area (Å²) in [5, 5.41) is 1.35. The minimum absolute atomic E-state index is 0. The molecule has 1 aromatic heterocycles. The molecule has 0 saturated carbocycles. The van der Waals surface area contributed by atoms with E-state index in [1.807, 2.05) is 6.92 Å². The van der Waals surface area contributed by atoms with Gasteiger partial charge in [-0.3, -0.25) is 0 Å². The number of hydrogen-bond acceptors (Lipinski definition) is 2. The first-order valence-electron chi connectivity index (χ1n) is 4.43. The van der Waals surface area contributed by atoms with Gasteiger partial charge in [-0.25, -0.2) is 0 Å². The van der Waals surface area contributed by atoms with Crippen molar-refractivity contribution in [3.8, 4) is 0 Å². The lowest BCUT2D eigenvalue weighted by molar-refractivity contribution is 0.832. The van der Waals surface area contributed by atoms with Crippen LogP contribution in [0.2, 0.25) is 0 Å². The molecule has 0 aliphatic heterocycles. The first kappa shape index (κ1) is 11.5. The zero-order chi connectivity index (χ0) is 9.42. The summed E-state index contributed by atoms with van der Waals surface area (Å²) in [4.78, 5) is 1.31. The first-order chi connectivity index (χ1) is 6.20. The second-order valence-corrected chi connectivity index (χ2v) is 4.46. The van der Waals surface area contributed by atoms with Crippen molar-refractivity contribution < 1.29 is 0 Å². The molecule has 1 atom stereocenters. The van der Waals surface area contributed by atoms with Crippen LogP contribution in [0.1, 0.15) is 23.4 Å². The quantitative estimate of drug-likeness (QED) is 0.791. The Morgan fingerprint density at radius 1 is 1.29 bits per heavy atom. The van der Waals surface area contributed by atoms with Gasteiger partial charge in [-0.15, -0.1) is 23.7 Å². The van der Waals surface area contributed by atoms with Crippen LogP contribution in [0.4, 0.5) is 0 Å². The van der Waals surface area contributed by atoms with Crippen molar-refractivity contribution >= 4 is 33.8 Å². The number of thiophene rings is 1. The summed E-state index contributed by atoms with van der Waals surface area (Å²) < 4.78 is 1.34. The Morgan fingerprint density at radius 2 is 1.93 bits per heavy atom. The lowest BCUT2D eigenvalue weighted by Crippen LogP contribution is -2.03. The van der Waals surface area contributed by atoms with E-state index in [1.165, 1.54) is 20.5 Å². The van der Waals surface area contributed by atoms with E-state index in [0.717, 1.165) is 0 Å². The molecular formula is C11H14ClNS. The Morgan fingerprint density at radius 3 is 2.50 bits per heavy atom. The monoisotopic (exact) mass is 227 g/mol. The minimum Gasteiger partial charge on any atom is -0.323 e. The van der Waals surface area contributed by atoms with Gasteiger partial charge in [0.15, 0.2) is 0 Å². The molecule has 0 saturated heterocycles. The molecule has 76 valence electrons. The van der Waals surface area contributed by atoms with E-state index in [9.17, 15) is 0 Å². The van der Waals surface area contributed by atoms with Crippen LogP contribution >= 0.6 is 23.7 Å². The van der Waals surface area contributed by atoms with Crippen molar-refractivity contribution in [1.82, 2.24) is 0 Å². The SMILES string of the molecule is Cc1c([C@@H](C)N)sc2ccccc12.Cl. The van der Waals surface area contributed by atoms with Crippen molar-refractivity contribution in [2.75, 3.05) is 0 Å². The highest BCUT2D eigenvalue weighted by molar-refractivity contribution is 7.19. The molecule has 2 rings (SSSR count). The van der Waals surface area contributed by atoms with Crippen LogP contribution in [0.3, 0.4) is 0 Å². The molecule has 1 nitrogen and oxygen atoms in total. The number of halogens is 1. The van der Waals surface area contributed by atoms with Gasteiger partial charge in [-0.05, 0) is 30.9 Å². The highest BCUT2D eigenvalue weighted by Crippen LogP contribution is 2.33. The lowest BCUT2D eigenvalue weighted by Gasteiger charge is -2.01. The van der Waals surface area contributed by atoms with Gasteiger partial charge in [0.1, 0.15) is 0 Å². The molecule has 0 aliphatic carbocycles. The molecule has 0 radical (unpaired) electrons. The Balaban J connectivity index is 0.000000980. The molecule has 3 heteroatoms. The highest BCUT2D eigenvalue weighted by Gasteiger charge is 2.10. The molecule has 14 heavy (non-hydrogen) atoms. The molecule has 0 unspecified atom stereocenters. The van der Waals surface area contributed by atoms with Crippen LogP contribution in [-0.4, -0.2) is 0 Å².